The maximum absolute atomic E-state index is 13.1. The van der Waals surface area contributed by atoms with Gasteiger partial charge in [0.2, 0.25) is 5.82 Å². The van der Waals surface area contributed by atoms with Crippen LogP contribution in [0.2, 0.25) is 0 Å². The van der Waals surface area contributed by atoms with Crippen LogP contribution in [-0.4, -0.2) is 51.0 Å². The Morgan fingerprint density at radius 3 is 2.39 bits per heavy atom. The number of hydrogen-bond donors (Lipinski definition) is 1. The number of amides is 2. The number of nitrogens with one attached hydrogen (secondary N) is 1. The van der Waals surface area contributed by atoms with E-state index in [0.29, 0.717) is 31.8 Å². The van der Waals surface area contributed by atoms with Crippen molar-refractivity contribution in [3.05, 3.63) is 60.6 Å². The molecule has 0 saturated carbocycles. The molecule has 0 spiro atoms. The fourth-order valence-electron chi connectivity index (χ4n) is 3.79. The first-order valence-corrected chi connectivity index (χ1v) is 10.6. The highest BCUT2D eigenvalue weighted by atomic mass is 16.6. The molecule has 0 radical (unpaired) electrons. The number of piperidine rings is 1. The van der Waals surface area contributed by atoms with Crippen molar-refractivity contribution in [3.63, 3.8) is 0 Å². The molecule has 4 rings (SSSR count). The first-order valence-electron chi connectivity index (χ1n) is 10.6. The summed E-state index contributed by atoms with van der Waals surface area (Å²) in [6.07, 6.45) is 2.91. The molecule has 7 nitrogen and oxygen atoms in total. The molecule has 2 amide bonds. The molecule has 162 valence electrons. The quantitative estimate of drug-likeness (QED) is 0.691. The lowest BCUT2D eigenvalue weighted by molar-refractivity contribution is 0.0199. The smallest absolute Gasteiger partial charge is 0.410 e. The fourth-order valence-corrected chi connectivity index (χ4v) is 3.79. The molecule has 7 heteroatoms. The van der Waals surface area contributed by atoms with Crippen molar-refractivity contribution >= 4 is 17.5 Å². The third-order valence-electron chi connectivity index (χ3n) is 5.28. The predicted octanol–water partition coefficient (Wildman–Crippen LogP) is 4.13. The summed E-state index contributed by atoms with van der Waals surface area (Å²) in [6.45, 7) is 6.68. The van der Waals surface area contributed by atoms with Gasteiger partial charge in [-0.05, 0) is 45.7 Å². The van der Waals surface area contributed by atoms with Crippen molar-refractivity contribution in [1.82, 2.24) is 19.6 Å². The molecule has 1 N–H and O–H groups in total. The van der Waals surface area contributed by atoms with Gasteiger partial charge in [0.25, 0.3) is 5.91 Å². The van der Waals surface area contributed by atoms with Crippen LogP contribution in [0.3, 0.4) is 0 Å². The van der Waals surface area contributed by atoms with Crippen LogP contribution in [0, 0.1) is 0 Å². The third kappa shape index (κ3) is 4.71. The molecule has 1 aliphatic rings. The molecule has 1 aliphatic heterocycles. The highest BCUT2D eigenvalue weighted by Gasteiger charge is 2.28. The van der Waals surface area contributed by atoms with Gasteiger partial charge in [-0.25, -0.2) is 9.78 Å². The number of aromatic nitrogens is 2. The van der Waals surface area contributed by atoms with Gasteiger partial charge in [0.15, 0.2) is 0 Å². The maximum atomic E-state index is 13.1. The van der Waals surface area contributed by atoms with Crippen LogP contribution in [0.5, 0.6) is 0 Å². The second-order valence-corrected chi connectivity index (χ2v) is 8.82. The molecule has 0 aliphatic carbocycles. The molecule has 2 aromatic heterocycles. The maximum Gasteiger partial charge on any atom is 0.410 e. The van der Waals surface area contributed by atoms with Crippen molar-refractivity contribution in [2.24, 2.45) is 0 Å². The van der Waals surface area contributed by atoms with E-state index in [-0.39, 0.29) is 18.0 Å². The molecular weight excluding hydrogens is 392 g/mol. The monoisotopic (exact) mass is 420 g/mol. The SMILES string of the molecule is CC(C)(C)OC(=O)N1CCC(NC(=O)c2nc(-c3ccccc3)c3ccccn23)CC1. The average molecular weight is 421 g/mol. The standard InChI is InChI=1S/C24H28N4O3/c1-24(2,3)31-23(30)27-15-12-18(13-16-27)25-22(29)21-26-20(17-9-5-4-6-10-17)19-11-7-8-14-28(19)21/h4-11,14,18H,12-13,15-16H2,1-3H3,(H,25,29). The first-order chi connectivity index (χ1) is 14.8. The molecule has 3 heterocycles. The van der Waals surface area contributed by atoms with Gasteiger partial charge in [-0.3, -0.25) is 9.20 Å². The van der Waals surface area contributed by atoms with E-state index in [4.69, 9.17) is 4.74 Å². The zero-order valence-corrected chi connectivity index (χ0v) is 18.2. The Kier molecular flexibility index (Phi) is 5.67. The number of pyridine rings is 1. The number of imidazole rings is 1. The van der Waals surface area contributed by atoms with Crippen molar-refractivity contribution in [2.45, 2.75) is 45.3 Å². The molecule has 1 fully saturated rings. The summed E-state index contributed by atoms with van der Waals surface area (Å²) in [5, 5.41) is 3.10. The van der Waals surface area contributed by atoms with Gasteiger partial charge in [-0.1, -0.05) is 36.4 Å². The lowest BCUT2D eigenvalue weighted by Gasteiger charge is -2.33. The van der Waals surface area contributed by atoms with Crippen molar-refractivity contribution in [1.29, 1.82) is 0 Å². The molecule has 0 unspecified atom stereocenters. The van der Waals surface area contributed by atoms with E-state index in [9.17, 15) is 9.59 Å². The number of nitrogens with zero attached hydrogens (tertiary/aromatic N) is 3. The first kappa shape index (κ1) is 20.9. The highest BCUT2D eigenvalue weighted by Crippen LogP contribution is 2.25. The van der Waals surface area contributed by atoms with E-state index in [1.54, 1.807) is 4.90 Å². The van der Waals surface area contributed by atoms with E-state index in [1.807, 2.05) is 79.9 Å². The van der Waals surface area contributed by atoms with Crippen LogP contribution in [-0.2, 0) is 4.74 Å². The minimum absolute atomic E-state index is 0.0116. The third-order valence-corrected chi connectivity index (χ3v) is 5.28. The summed E-state index contributed by atoms with van der Waals surface area (Å²) in [5.74, 6) is 0.156. The second kappa shape index (κ2) is 8.41. The van der Waals surface area contributed by atoms with Crippen molar-refractivity contribution in [2.75, 3.05) is 13.1 Å². The molecule has 3 aromatic rings. The predicted molar refractivity (Wildman–Crippen MR) is 119 cm³/mol. The van der Waals surface area contributed by atoms with Crippen molar-refractivity contribution in [3.8, 4) is 11.3 Å². The number of fused-ring (bicyclic) bond motifs is 1. The number of carbonyl (C=O) groups excluding carboxylic acids is 2. The molecule has 0 bridgehead atoms. The zero-order valence-electron chi connectivity index (χ0n) is 18.2. The van der Waals surface area contributed by atoms with Crippen LogP contribution < -0.4 is 5.32 Å². The zero-order chi connectivity index (χ0) is 22.0. The Morgan fingerprint density at radius 2 is 1.71 bits per heavy atom. The van der Waals surface area contributed by atoms with Crippen LogP contribution in [0.4, 0.5) is 4.79 Å². The second-order valence-electron chi connectivity index (χ2n) is 8.82. The number of rotatable bonds is 3. The van der Waals surface area contributed by atoms with E-state index in [2.05, 4.69) is 10.3 Å². The Hall–Kier alpha value is -3.35. The molecule has 0 atom stereocenters. The molecule has 1 aromatic carbocycles. The minimum atomic E-state index is -0.514. The van der Waals surface area contributed by atoms with E-state index >= 15 is 0 Å². The Morgan fingerprint density at radius 1 is 1.03 bits per heavy atom. The topological polar surface area (TPSA) is 75.9 Å². The van der Waals surface area contributed by atoms with Gasteiger partial charge in [0.1, 0.15) is 5.60 Å². The highest BCUT2D eigenvalue weighted by molar-refractivity contribution is 5.94. The summed E-state index contributed by atoms with van der Waals surface area (Å²) in [6, 6.07) is 15.6. The summed E-state index contributed by atoms with van der Waals surface area (Å²) in [4.78, 5) is 31.7. The number of likely N-dealkylation sites (tertiary alicyclic amines) is 1. The number of benzene rings is 1. The summed E-state index contributed by atoms with van der Waals surface area (Å²) >= 11 is 0. The average Bonchev–Trinajstić information content (AvgIpc) is 3.13. The largest absolute Gasteiger partial charge is 0.444 e. The minimum Gasteiger partial charge on any atom is -0.444 e. The van der Waals surface area contributed by atoms with Crippen molar-refractivity contribution < 1.29 is 14.3 Å². The van der Waals surface area contributed by atoms with Crippen LogP contribution in [0.1, 0.15) is 44.2 Å². The van der Waals surface area contributed by atoms with Gasteiger partial charge >= 0.3 is 6.09 Å². The lowest BCUT2D eigenvalue weighted by Crippen LogP contribution is -2.48. The van der Waals surface area contributed by atoms with Gasteiger partial charge in [0.05, 0.1) is 11.2 Å². The summed E-state index contributed by atoms with van der Waals surface area (Å²) < 4.78 is 7.27. The van der Waals surface area contributed by atoms with Gasteiger partial charge in [-0.15, -0.1) is 0 Å². The van der Waals surface area contributed by atoms with E-state index < -0.39 is 5.60 Å². The molecular formula is C24H28N4O3. The summed E-state index contributed by atoms with van der Waals surface area (Å²) in [5.41, 5.74) is 2.13. The van der Waals surface area contributed by atoms with E-state index in [0.717, 1.165) is 16.8 Å². The summed E-state index contributed by atoms with van der Waals surface area (Å²) in [7, 11) is 0. The van der Waals surface area contributed by atoms with Crippen LogP contribution in [0.15, 0.2) is 54.7 Å². The number of ether oxygens (including phenoxy) is 1. The van der Waals surface area contributed by atoms with Gasteiger partial charge in [-0.2, -0.15) is 0 Å². The fraction of sp³-hybridized carbons (Fsp3) is 0.375. The number of hydrogen-bond acceptors (Lipinski definition) is 4. The Labute approximate surface area is 182 Å². The van der Waals surface area contributed by atoms with Crippen LogP contribution >= 0.6 is 0 Å². The molecule has 1 saturated heterocycles. The normalized spacial score (nSPS) is 15.1. The number of carbonyl (C=O) groups is 2. The Balaban J connectivity index is 1.46. The Bertz CT molecular complexity index is 1080. The molecule has 31 heavy (non-hydrogen) atoms. The van der Waals surface area contributed by atoms with E-state index in [1.165, 1.54) is 0 Å². The lowest BCUT2D eigenvalue weighted by atomic mass is 10.1. The van der Waals surface area contributed by atoms with Crippen LogP contribution in [0.25, 0.3) is 16.8 Å². The van der Waals surface area contributed by atoms with Gasteiger partial charge in [0, 0.05) is 30.9 Å². The van der Waals surface area contributed by atoms with Gasteiger partial charge < -0.3 is 15.0 Å².